The van der Waals surface area contributed by atoms with Crippen LogP contribution in [0.5, 0.6) is 0 Å². The highest BCUT2D eigenvalue weighted by Crippen LogP contribution is 2.33. The SMILES string of the molecule is COC1CCN(Cc2nnc(C3CCN(c4ccccn4)CC3)n2C(C)c2ccccc2)CC1. The Morgan fingerprint density at radius 3 is 2.32 bits per heavy atom. The highest BCUT2D eigenvalue weighted by Gasteiger charge is 2.30. The number of aromatic nitrogens is 4. The number of hydrogen-bond donors (Lipinski definition) is 0. The van der Waals surface area contributed by atoms with Crippen molar-refractivity contribution < 1.29 is 4.74 Å². The molecule has 7 nitrogen and oxygen atoms in total. The van der Waals surface area contributed by atoms with Gasteiger partial charge in [-0.15, -0.1) is 10.2 Å². The first-order chi connectivity index (χ1) is 16.7. The maximum atomic E-state index is 5.57. The number of ether oxygens (including phenoxy) is 1. The van der Waals surface area contributed by atoms with Crippen molar-refractivity contribution in [3.05, 3.63) is 71.9 Å². The second-order valence-electron chi connectivity index (χ2n) is 9.59. The number of nitrogens with zero attached hydrogens (tertiary/aromatic N) is 6. The van der Waals surface area contributed by atoms with Crippen LogP contribution in [-0.2, 0) is 11.3 Å². The molecule has 0 aliphatic carbocycles. The first-order valence-corrected chi connectivity index (χ1v) is 12.6. The van der Waals surface area contributed by atoms with E-state index in [4.69, 9.17) is 14.9 Å². The van der Waals surface area contributed by atoms with Crippen LogP contribution >= 0.6 is 0 Å². The number of pyridine rings is 1. The molecule has 2 fully saturated rings. The second-order valence-corrected chi connectivity index (χ2v) is 9.59. The zero-order valence-corrected chi connectivity index (χ0v) is 20.4. The van der Waals surface area contributed by atoms with E-state index in [1.54, 1.807) is 0 Å². The monoisotopic (exact) mass is 460 g/mol. The lowest BCUT2D eigenvalue weighted by atomic mass is 9.95. The average molecular weight is 461 g/mol. The maximum Gasteiger partial charge on any atom is 0.147 e. The molecule has 0 N–H and O–H groups in total. The molecule has 180 valence electrons. The lowest BCUT2D eigenvalue weighted by molar-refractivity contribution is 0.0377. The van der Waals surface area contributed by atoms with Gasteiger partial charge in [0.15, 0.2) is 0 Å². The topological polar surface area (TPSA) is 59.3 Å². The number of likely N-dealkylation sites (tertiary alicyclic amines) is 1. The van der Waals surface area contributed by atoms with Gasteiger partial charge in [0, 0.05) is 45.4 Å². The quantitative estimate of drug-likeness (QED) is 0.525. The largest absolute Gasteiger partial charge is 0.381 e. The Labute approximate surface area is 202 Å². The number of piperidine rings is 2. The first-order valence-electron chi connectivity index (χ1n) is 12.6. The van der Waals surface area contributed by atoms with Crippen molar-refractivity contribution in [2.24, 2.45) is 0 Å². The van der Waals surface area contributed by atoms with E-state index in [9.17, 15) is 0 Å². The normalized spacial score (nSPS) is 19.4. The number of rotatable bonds is 7. The molecule has 1 aromatic carbocycles. The van der Waals surface area contributed by atoms with E-state index in [1.807, 2.05) is 19.4 Å². The molecule has 34 heavy (non-hydrogen) atoms. The van der Waals surface area contributed by atoms with Crippen molar-refractivity contribution >= 4 is 5.82 Å². The second kappa shape index (κ2) is 10.7. The van der Waals surface area contributed by atoms with E-state index >= 15 is 0 Å². The molecule has 2 aliphatic heterocycles. The van der Waals surface area contributed by atoms with Gasteiger partial charge in [-0.3, -0.25) is 4.90 Å². The summed E-state index contributed by atoms with van der Waals surface area (Å²) in [7, 11) is 1.82. The Kier molecular flexibility index (Phi) is 7.21. The Morgan fingerprint density at radius 1 is 0.912 bits per heavy atom. The van der Waals surface area contributed by atoms with Gasteiger partial charge < -0.3 is 14.2 Å². The Bertz CT molecular complexity index is 1020. The molecule has 0 spiro atoms. The summed E-state index contributed by atoms with van der Waals surface area (Å²) in [6.45, 7) is 7.20. The highest BCUT2D eigenvalue weighted by molar-refractivity contribution is 5.38. The molecule has 0 radical (unpaired) electrons. The zero-order valence-electron chi connectivity index (χ0n) is 20.4. The summed E-state index contributed by atoms with van der Waals surface area (Å²) in [6, 6.07) is 17.1. The molecule has 5 rings (SSSR count). The van der Waals surface area contributed by atoms with Crippen molar-refractivity contribution in [3.63, 3.8) is 0 Å². The molecule has 2 aliphatic rings. The Morgan fingerprint density at radius 2 is 1.65 bits per heavy atom. The van der Waals surface area contributed by atoms with Gasteiger partial charge >= 0.3 is 0 Å². The third kappa shape index (κ3) is 5.00. The van der Waals surface area contributed by atoms with Crippen LogP contribution in [-0.4, -0.2) is 64.0 Å². The van der Waals surface area contributed by atoms with Crippen molar-refractivity contribution in [2.45, 2.75) is 57.2 Å². The van der Waals surface area contributed by atoms with Crippen molar-refractivity contribution in [2.75, 3.05) is 38.2 Å². The number of methoxy groups -OCH3 is 1. The molecule has 1 unspecified atom stereocenters. The van der Waals surface area contributed by atoms with Crippen LogP contribution in [0.15, 0.2) is 54.7 Å². The summed E-state index contributed by atoms with van der Waals surface area (Å²) in [6.07, 6.45) is 6.55. The summed E-state index contributed by atoms with van der Waals surface area (Å²) in [4.78, 5) is 9.43. The summed E-state index contributed by atoms with van der Waals surface area (Å²) in [5, 5.41) is 9.57. The van der Waals surface area contributed by atoms with E-state index in [-0.39, 0.29) is 6.04 Å². The molecular formula is C27H36N6O. The molecule has 7 heteroatoms. The Balaban J connectivity index is 1.36. The van der Waals surface area contributed by atoms with E-state index < -0.39 is 0 Å². The third-order valence-electron chi connectivity index (χ3n) is 7.53. The van der Waals surface area contributed by atoms with Crippen LogP contribution < -0.4 is 4.90 Å². The maximum absolute atomic E-state index is 5.57. The Hall–Kier alpha value is -2.77. The minimum absolute atomic E-state index is 0.200. The highest BCUT2D eigenvalue weighted by atomic mass is 16.5. The third-order valence-corrected chi connectivity index (χ3v) is 7.53. The van der Waals surface area contributed by atoms with Gasteiger partial charge in [0.2, 0.25) is 0 Å². The van der Waals surface area contributed by atoms with Gasteiger partial charge in [-0.25, -0.2) is 4.98 Å². The fourth-order valence-electron chi connectivity index (χ4n) is 5.44. The van der Waals surface area contributed by atoms with Gasteiger partial charge in [-0.1, -0.05) is 36.4 Å². The molecule has 0 amide bonds. The molecule has 4 heterocycles. The van der Waals surface area contributed by atoms with Crippen LogP contribution in [0.4, 0.5) is 5.82 Å². The molecule has 0 bridgehead atoms. The summed E-state index contributed by atoms with van der Waals surface area (Å²) in [5.41, 5.74) is 1.30. The molecule has 3 aromatic rings. The predicted molar refractivity (Wildman–Crippen MR) is 134 cm³/mol. The average Bonchev–Trinajstić information content (AvgIpc) is 3.33. The number of benzene rings is 1. The predicted octanol–water partition coefficient (Wildman–Crippen LogP) is 4.28. The zero-order chi connectivity index (χ0) is 23.3. The molecule has 0 saturated carbocycles. The van der Waals surface area contributed by atoms with E-state index in [2.05, 4.69) is 68.7 Å². The van der Waals surface area contributed by atoms with Gasteiger partial charge in [-0.05, 0) is 50.3 Å². The first kappa shape index (κ1) is 23.0. The van der Waals surface area contributed by atoms with Crippen molar-refractivity contribution in [3.8, 4) is 0 Å². The molecule has 2 saturated heterocycles. The van der Waals surface area contributed by atoms with Crippen LogP contribution in [0, 0.1) is 0 Å². The van der Waals surface area contributed by atoms with Gasteiger partial charge in [0.1, 0.15) is 17.5 Å². The lowest BCUT2D eigenvalue weighted by Gasteiger charge is -2.34. The summed E-state index contributed by atoms with van der Waals surface area (Å²) in [5.74, 6) is 3.69. The standard InChI is InChI=1S/C27H36N6O/c1-21(22-8-4-3-5-9-22)33-26(20-31-16-13-24(34-2)14-17-31)29-30-27(33)23-11-18-32(19-12-23)25-10-6-7-15-28-25/h3-10,15,21,23-24H,11-14,16-20H2,1-2H3. The summed E-state index contributed by atoms with van der Waals surface area (Å²) >= 11 is 0. The van der Waals surface area contributed by atoms with Gasteiger partial charge in [0.05, 0.1) is 18.7 Å². The smallest absolute Gasteiger partial charge is 0.147 e. The molecular weight excluding hydrogens is 424 g/mol. The number of hydrogen-bond acceptors (Lipinski definition) is 6. The minimum Gasteiger partial charge on any atom is -0.381 e. The van der Waals surface area contributed by atoms with Crippen LogP contribution in [0.1, 0.15) is 61.8 Å². The minimum atomic E-state index is 0.200. The molecule has 2 aromatic heterocycles. The molecule has 1 atom stereocenters. The van der Waals surface area contributed by atoms with Gasteiger partial charge in [-0.2, -0.15) is 0 Å². The van der Waals surface area contributed by atoms with E-state index in [0.29, 0.717) is 12.0 Å². The number of anilines is 1. The van der Waals surface area contributed by atoms with E-state index in [1.165, 1.54) is 5.56 Å². The lowest BCUT2D eigenvalue weighted by Crippen LogP contribution is -2.37. The fraction of sp³-hybridized carbons (Fsp3) is 0.519. The van der Waals surface area contributed by atoms with Gasteiger partial charge in [0.25, 0.3) is 0 Å². The van der Waals surface area contributed by atoms with E-state index in [0.717, 1.165) is 75.9 Å². The van der Waals surface area contributed by atoms with Crippen molar-refractivity contribution in [1.82, 2.24) is 24.6 Å². The fourth-order valence-corrected chi connectivity index (χ4v) is 5.44. The van der Waals surface area contributed by atoms with Crippen molar-refractivity contribution in [1.29, 1.82) is 0 Å². The van der Waals surface area contributed by atoms with Crippen LogP contribution in [0.2, 0.25) is 0 Å². The van der Waals surface area contributed by atoms with Crippen LogP contribution in [0.3, 0.4) is 0 Å². The summed E-state index contributed by atoms with van der Waals surface area (Å²) < 4.78 is 7.99. The van der Waals surface area contributed by atoms with Crippen LogP contribution in [0.25, 0.3) is 0 Å².